The van der Waals surface area contributed by atoms with Crippen LogP contribution in [0.3, 0.4) is 0 Å². The van der Waals surface area contributed by atoms with Gasteiger partial charge >= 0.3 is 0 Å². The number of likely N-dealkylation sites (tertiary alicyclic amines) is 1. The molecule has 0 bridgehead atoms. The Hall–Kier alpha value is -1.53. The second kappa shape index (κ2) is 7.36. The van der Waals surface area contributed by atoms with E-state index in [4.69, 9.17) is 0 Å². The van der Waals surface area contributed by atoms with Gasteiger partial charge in [0, 0.05) is 30.8 Å². The van der Waals surface area contributed by atoms with E-state index in [2.05, 4.69) is 34.0 Å². The molecule has 4 nitrogen and oxygen atoms in total. The maximum absolute atomic E-state index is 12.8. The molecule has 1 saturated heterocycles. The molecule has 6 heteroatoms. The van der Waals surface area contributed by atoms with Crippen molar-refractivity contribution in [3.63, 3.8) is 0 Å². The molecular weight excluding hydrogens is 326 g/mol. The SMILES string of the molecule is CNc1snc(C)c1C(=O)N1CCC(CSc2ccccc2)C1. The van der Waals surface area contributed by atoms with Gasteiger partial charge in [0.2, 0.25) is 0 Å². The molecule has 2 aromatic rings. The van der Waals surface area contributed by atoms with Crippen molar-refractivity contribution in [1.29, 1.82) is 0 Å². The monoisotopic (exact) mass is 347 g/mol. The van der Waals surface area contributed by atoms with Gasteiger partial charge in [-0.2, -0.15) is 4.37 Å². The van der Waals surface area contributed by atoms with Gasteiger partial charge in [0.15, 0.2) is 0 Å². The van der Waals surface area contributed by atoms with Gasteiger partial charge in [0.25, 0.3) is 5.91 Å². The summed E-state index contributed by atoms with van der Waals surface area (Å²) < 4.78 is 4.30. The van der Waals surface area contributed by atoms with Crippen LogP contribution < -0.4 is 5.32 Å². The fourth-order valence-electron chi connectivity index (χ4n) is 2.83. The highest BCUT2D eigenvalue weighted by atomic mass is 32.2. The lowest BCUT2D eigenvalue weighted by atomic mass is 10.1. The van der Waals surface area contributed by atoms with Crippen LogP contribution in [0.1, 0.15) is 22.5 Å². The zero-order valence-corrected chi connectivity index (χ0v) is 15.0. The number of aryl methyl sites for hydroxylation is 1. The van der Waals surface area contributed by atoms with Gasteiger partial charge in [-0.25, -0.2) is 0 Å². The lowest BCUT2D eigenvalue weighted by Gasteiger charge is -2.17. The highest BCUT2D eigenvalue weighted by molar-refractivity contribution is 7.99. The zero-order chi connectivity index (χ0) is 16.2. The van der Waals surface area contributed by atoms with Crippen LogP contribution in [0.4, 0.5) is 5.00 Å². The number of nitrogens with zero attached hydrogens (tertiary/aromatic N) is 2. The van der Waals surface area contributed by atoms with Crippen molar-refractivity contribution >= 4 is 34.2 Å². The number of hydrogen-bond donors (Lipinski definition) is 1. The first-order chi connectivity index (χ1) is 11.2. The van der Waals surface area contributed by atoms with E-state index in [9.17, 15) is 4.79 Å². The predicted octanol–water partition coefficient (Wildman–Crippen LogP) is 3.75. The molecule has 1 aliphatic rings. The second-order valence-electron chi connectivity index (χ2n) is 5.75. The van der Waals surface area contributed by atoms with Gasteiger partial charge in [0.1, 0.15) is 5.00 Å². The largest absolute Gasteiger partial charge is 0.378 e. The maximum Gasteiger partial charge on any atom is 0.258 e. The van der Waals surface area contributed by atoms with Crippen LogP contribution >= 0.6 is 23.3 Å². The van der Waals surface area contributed by atoms with Crippen molar-refractivity contribution in [3.05, 3.63) is 41.6 Å². The molecule has 23 heavy (non-hydrogen) atoms. The standard InChI is InChI=1S/C17H21N3OS2/c1-12-15(16(18-2)23-19-12)17(21)20-9-8-13(10-20)11-22-14-6-4-3-5-7-14/h3-7,13,18H,8-11H2,1-2H3. The summed E-state index contributed by atoms with van der Waals surface area (Å²) >= 11 is 3.24. The van der Waals surface area contributed by atoms with E-state index in [1.165, 1.54) is 16.4 Å². The number of thioether (sulfide) groups is 1. The third-order valence-corrected chi connectivity index (χ3v) is 6.31. The summed E-state index contributed by atoms with van der Waals surface area (Å²) in [6.07, 6.45) is 1.08. The van der Waals surface area contributed by atoms with E-state index >= 15 is 0 Å². The summed E-state index contributed by atoms with van der Waals surface area (Å²) in [7, 11) is 1.84. The summed E-state index contributed by atoms with van der Waals surface area (Å²) in [6.45, 7) is 3.60. The smallest absolute Gasteiger partial charge is 0.258 e. The highest BCUT2D eigenvalue weighted by Gasteiger charge is 2.30. The minimum Gasteiger partial charge on any atom is -0.378 e. The van der Waals surface area contributed by atoms with Crippen molar-refractivity contribution in [2.24, 2.45) is 5.92 Å². The van der Waals surface area contributed by atoms with Gasteiger partial charge in [-0.1, -0.05) is 18.2 Å². The summed E-state index contributed by atoms with van der Waals surface area (Å²) in [5.41, 5.74) is 1.57. The van der Waals surface area contributed by atoms with Crippen LogP contribution in [0.25, 0.3) is 0 Å². The first kappa shape index (κ1) is 16.3. The van der Waals surface area contributed by atoms with E-state index in [0.717, 1.165) is 41.5 Å². The summed E-state index contributed by atoms with van der Waals surface area (Å²) in [5, 5.41) is 3.95. The molecule has 1 unspecified atom stereocenters. The Kier molecular flexibility index (Phi) is 5.23. The third-order valence-electron chi connectivity index (χ3n) is 4.11. The number of rotatable bonds is 5. The normalized spacial score (nSPS) is 17.5. The number of aromatic nitrogens is 1. The van der Waals surface area contributed by atoms with E-state index < -0.39 is 0 Å². The zero-order valence-electron chi connectivity index (χ0n) is 13.4. The Morgan fingerprint density at radius 1 is 1.43 bits per heavy atom. The van der Waals surface area contributed by atoms with E-state index in [-0.39, 0.29) is 5.91 Å². The summed E-state index contributed by atoms with van der Waals surface area (Å²) in [4.78, 5) is 16.1. The molecule has 0 saturated carbocycles. The Labute approximate surface area is 145 Å². The summed E-state index contributed by atoms with van der Waals surface area (Å²) in [5.74, 6) is 1.75. The molecule has 1 aromatic carbocycles. The van der Waals surface area contributed by atoms with Gasteiger partial charge < -0.3 is 10.2 Å². The first-order valence-electron chi connectivity index (χ1n) is 7.80. The van der Waals surface area contributed by atoms with E-state index in [1.54, 1.807) is 0 Å². The molecule has 1 fully saturated rings. The molecular formula is C17H21N3OS2. The number of amides is 1. The molecule has 122 valence electrons. The summed E-state index contributed by atoms with van der Waals surface area (Å²) in [6, 6.07) is 10.5. The van der Waals surface area contributed by atoms with Crippen molar-refractivity contribution in [1.82, 2.24) is 9.27 Å². The quantitative estimate of drug-likeness (QED) is 0.837. The van der Waals surface area contributed by atoms with Crippen LogP contribution in [-0.4, -0.2) is 41.1 Å². The molecule has 1 amide bonds. The maximum atomic E-state index is 12.8. The van der Waals surface area contributed by atoms with Crippen LogP contribution in [0.15, 0.2) is 35.2 Å². The van der Waals surface area contributed by atoms with Gasteiger partial charge in [-0.3, -0.25) is 4.79 Å². The number of nitrogens with one attached hydrogen (secondary N) is 1. The molecule has 1 aromatic heterocycles. The van der Waals surface area contributed by atoms with E-state index in [1.807, 2.05) is 36.7 Å². The molecule has 0 spiro atoms. The number of benzene rings is 1. The number of hydrogen-bond acceptors (Lipinski definition) is 5. The van der Waals surface area contributed by atoms with Gasteiger partial charge in [0.05, 0.1) is 11.3 Å². The topological polar surface area (TPSA) is 45.2 Å². The van der Waals surface area contributed by atoms with Crippen molar-refractivity contribution in [3.8, 4) is 0 Å². The fraction of sp³-hybridized carbons (Fsp3) is 0.412. The highest BCUT2D eigenvalue weighted by Crippen LogP contribution is 2.30. The van der Waals surface area contributed by atoms with Crippen LogP contribution in [0, 0.1) is 12.8 Å². The van der Waals surface area contributed by atoms with E-state index in [0.29, 0.717) is 5.92 Å². The average molecular weight is 348 g/mol. The molecule has 1 atom stereocenters. The first-order valence-corrected chi connectivity index (χ1v) is 9.56. The van der Waals surface area contributed by atoms with Crippen LogP contribution in [-0.2, 0) is 0 Å². The molecule has 0 radical (unpaired) electrons. The molecule has 3 rings (SSSR count). The van der Waals surface area contributed by atoms with Crippen LogP contribution in [0.5, 0.6) is 0 Å². The second-order valence-corrected chi connectivity index (χ2v) is 7.62. The number of carbonyl (C=O) groups excluding carboxylic acids is 1. The number of anilines is 1. The van der Waals surface area contributed by atoms with Crippen molar-refractivity contribution in [2.45, 2.75) is 18.2 Å². The fourth-order valence-corrected chi connectivity index (χ4v) is 4.62. The van der Waals surface area contributed by atoms with Gasteiger partial charge in [-0.15, -0.1) is 11.8 Å². The lowest BCUT2D eigenvalue weighted by molar-refractivity contribution is 0.0789. The average Bonchev–Trinajstić information content (AvgIpc) is 3.20. The molecule has 0 aliphatic carbocycles. The predicted molar refractivity (Wildman–Crippen MR) is 97.6 cm³/mol. The molecule has 2 heterocycles. The minimum atomic E-state index is 0.118. The van der Waals surface area contributed by atoms with Gasteiger partial charge in [-0.05, 0) is 42.9 Å². The lowest BCUT2D eigenvalue weighted by Crippen LogP contribution is -2.29. The van der Waals surface area contributed by atoms with Crippen LogP contribution in [0.2, 0.25) is 0 Å². The Bertz CT molecular complexity index is 672. The molecule has 1 aliphatic heterocycles. The number of carbonyl (C=O) groups is 1. The Morgan fingerprint density at radius 2 is 2.22 bits per heavy atom. The minimum absolute atomic E-state index is 0.118. The van der Waals surface area contributed by atoms with Crippen molar-refractivity contribution < 1.29 is 4.79 Å². The third kappa shape index (κ3) is 3.70. The Balaban J connectivity index is 1.59. The molecule has 1 N–H and O–H groups in total. The van der Waals surface area contributed by atoms with Crippen molar-refractivity contribution in [2.75, 3.05) is 31.2 Å². The Morgan fingerprint density at radius 3 is 2.96 bits per heavy atom.